The van der Waals surface area contributed by atoms with Gasteiger partial charge in [0.15, 0.2) is 0 Å². The molecule has 1 N–H and O–H groups in total. The molecule has 0 atom stereocenters. The van der Waals surface area contributed by atoms with Gasteiger partial charge in [0.25, 0.3) is 0 Å². The van der Waals surface area contributed by atoms with Crippen molar-refractivity contribution < 1.29 is 4.74 Å². The molecule has 0 bridgehead atoms. The minimum atomic E-state index is 0.489. The van der Waals surface area contributed by atoms with Crippen LogP contribution >= 0.6 is 0 Å². The Balaban J connectivity index is 2.46. The number of benzene rings is 1. The molecule has 3 nitrogen and oxygen atoms in total. The highest BCUT2D eigenvalue weighted by Gasteiger charge is 2.05. The molecule has 0 saturated carbocycles. The van der Waals surface area contributed by atoms with Crippen LogP contribution in [0.3, 0.4) is 0 Å². The van der Waals surface area contributed by atoms with Gasteiger partial charge in [-0.05, 0) is 25.6 Å². The van der Waals surface area contributed by atoms with E-state index in [9.17, 15) is 0 Å². The number of hydrogen-bond donors (Lipinski definition) is 1. The van der Waals surface area contributed by atoms with Crippen LogP contribution in [0, 0.1) is 0 Å². The molecule has 0 fully saturated rings. The molecular weight excluding hydrogens is 248 g/mol. The number of hydrogen-bond acceptors (Lipinski definition) is 3. The third-order valence-corrected chi connectivity index (χ3v) is 3.33. The second-order valence-corrected chi connectivity index (χ2v) is 5.43. The van der Waals surface area contributed by atoms with Crippen molar-refractivity contribution in [3.8, 4) is 5.75 Å². The summed E-state index contributed by atoms with van der Waals surface area (Å²) in [6.07, 6.45) is 1.20. The first-order valence-electron chi connectivity index (χ1n) is 7.83. The largest absolute Gasteiger partial charge is 0.492 e. The van der Waals surface area contributed by atoms with E-state index in [1.807, 2.05) is 6.07 Å². The molecule has 20 heavy (non-hydrogen) atoms. The summed E-state index contributed by atoms with van der Waals surface area (Å²) >= 11 is 0. The van der Waals surface area contributed by atoms with E-state index in [0.717, 1.165) is 38.5 Å². The van der Waals surface area contributed by atoms with Gasteiger partial charge < -0.3 is 15.0 Å². The van der Waals surface area contributed by atoms with Crippen LogP contribution in [0.2, 0.25) is 0 Å². The van der Waals surface area contributed by atoms with Gasteiger partial charge in [0.1, 0.15) is 12.4 Å². The van der Waals surface area contributed by atoms with Crippen molar-refractivity contribution in [2.24, 2.45) is 0 Å². The number of para-hydroxylation sites is 1. The quantitative estimate of drug-likeness (QED) is 0.711. The van der Waals surface area contributed by atoms with Gasteiger partial charge in [-0.2, -0.15) is 0 Å². The van der Waals surface area contributed by atoms with E-state index in [-0.39, 0.29) is 0 Å². The topological polar surface area (TPSA) is 24.5 Å². The van der Waals surface area contributed by atoms with E-state index in [4.69, 9.17) is 4.74 Å². The molecule has 0 aliphatic carbocycles. The van der Waals surface area contributed by atoms with Gasteiger partial charge in [-0.25, -0.2) is 0 Å². The van der Waals surface area contributed by atoms with Gasteiger partial charge in [0.2, 0.25) is 0 Å². The van der Waals surface area contributed by atoms with Crippen LogP contribution in [0.15, 0.2) is 24.3 Å². The Hall–Kier alpha value is -1.06. The van der Waals surface area contributed by atoms with Crippen LogP contribution in [-0.2, 0) is 6.54 Å². The summed E-state index contributed by atoms with van der Waals surface area (Å²) in [5.41, 5.74) is 1.24. The summed E-state index contributed by atoms with van der Waals surface area (Å²) in [6, 6.07) is 8.79. The summed E-state index contributed by atoms with van der Waals surface area (Å²) in [7, 11) is 0. The number of nitrogens with one attached hydrogen (secondary N) is 1. The number of likely N-dealkylation sites (N-methyl/N-ethyl adjacent to an activating group) is 1. The molecule has 0 radical (unpaired) electrons. The first-order valence-corrected chi connectivity index (χ1v) is 7.83. The predicted octanol–water partition coefficient (Wildman–Crippen LogP) is 3.30. The van der Waals surface area contributed by atoms with Gasteiger partial charge >= 0.3 is 0 Å². The average molecular weight is 278 g/mol. The summed E-state index contributed by atoms with van der Waals surface area (Å²) in [4.78, 5) is 2.43. The summed E-state index contributed by atoms with van der Waals surface area (Å²) in [5, 5.41) is 3.44. The molecule has 3 heteroatoms. The molecule has 114 valence electrons. The van der Waals surface area contributed by atoms with Crippen LogP contribution in [0.4, 0.5) is 0 Å². The van der Waals surface area contributed by atoms with Crippen LogP contribution in [0.5, 0.6) is 5.75 Å². The van der Waals surface area contributed by atoms with Crippen LogP contribution in [0.1, 0.15) is 39.7 Å². The zero-order valence-electron chi connectivity index (χ0n) is 13.5. The lowest BCUT2D eigenvalue weighted by molar-refractivity contribution is 0.214. The Labute approximate surface area is 124 Å². The molecule has 0 aromatic heterocycles. The standard InChI is InChI=1S/C17H30N2O/c1-5-11-19(6-2)12-13-20-17-10-8-7-9-16(17)14-18-15(3)4/h7-10,15,18H,5-6,11-14H2,1-4H3. The van der Waals surface area contributed by atoms with Crippen molar-refractivity contribution in [1.29, 1.82) is 0 Å². The SMILES string of the molecule is CCCN(CC)CCOc1ccccc1CNC(C)C. The summed E-state index contributed by atoms with van der Waals surface area (Å²) in [5.74, 6) is 1.01. The lowest BCUT2D eigenvalue weighted by Gasteiger charge is -2.20. The van der Waals surface area contributed by atoms with E-state index in [0.29, 0.717) is 6.04 Å². The molecule has 0 unspecified atom stereocenters. The Morgan fingerprint density at radius 1 is 1.15 bits per heavy atom. The molecule has 0 aliphatic rings. The maximum atomic E-state index is 5.97. The normalized spacial score (nSPS) is 11.3. The Bertz CT molecular complexity index is 366. The summed E-state index contributed by atoms with van der Waals surface area (Å²) < 4.78 is 5.97. The molecule has 1 aromatic rings. The minimum Gasteiger partial charge on any atom is -0.492 e. The molecule has 0 aliphatic heterocycles. The van der Waals surface area contributed by atoms with Crippen molar-refractivity contribution in [3.63, 3.8) is 0 Å². The molecule has 0 saturated heterocycles. The summed E-state index contributed by atoms with van der Waals surface area (Å²) in [6.45, 7) is 13.6. The maximum Gasteiger partial charge on any atom is 0.123 e. The third kappa shape index (κ3) is 6.40. The Kier molecular flexibility index (Phi) is 8.31. The van der Waals surface area contributed by atoms with Gasteiger partial charge in [0, 0.05) is 24.7 Å². The molecule has 1 rings (SSSR count). The maximum absolute atomic E-state index is 5.97. The smallest absolute Gasteiger partial charge is 0.123 e. The lowest BCUT2D eigenvalue weighted by atomic mass is 10.2. The minimum absolute atomic E-state index is 0.489. The first kappa shape index (κ1) is 17.0. The van der Waals surface area contributed by atoms with Crippen LogP contribution in [-0.4, -0.2) is 37.2 Å². The van der Waals surface area contributed by atoms with Crippen molar-refractivity contribution in [2.45, 2.75) is 46.7 Å². The zero-order valence-corrected chi connectivity index (χ0v) is 13.5. The van der Waals surface area contributed by atoms with Crippen molar-refractivity contribution in [2.75, 3.05) is 26.2 Å². The number of nitrogens with zero attached hydrogens (tertiary/aromatic N) is 1. The van der Waals surface area contributed by atoms with Gasteiger partial charge in [-0.3, -0.25) is 0 Å². The van der Waals surface area contributed by atoms with E-state index in [1.54, 1.807) is 0 Å². The van der Waals surface area contributed by atoms with Crippen molar-refractivity contribution >= 4 is 0 Å². The Morgan fingerprint density at radius 3 is 2.55 bits per heavy atom. The molecule has 0 heterocycles. The van der Waals surface area contributed by atoms with E-state index >= 15 is 0 Å². The predicted molar refractivity (Wildman–Crippen MR) is 86.3 cm³/mol. The average Bonchev–Trinajstić information content (AvgIpc) is 2.45. The Morgan fingerprint density at radius 2 is 1.90 bits per heavy atom. The van der Waals surface area contributed by atoms with Crippen molar-refractivity contribution in [1.82, 2.24) is 10.2 Å². The molecule has 0 spiro atoms. The van der Waals surface area contributed by atoms with Crippen LogP contribution in [0.25, 0.3) is 0 Å². The fraction of sp³-hybridized carbons (Fsp3) is 0.647. The highest BCUT2D eigenvalue weighted by atomic mass is 16.5. The lowest BCUT2D eigenvalue weighted by Crippen LogP contribution is -2.29. The third-order valence-electron chi connectivity index (χ3n) is 3.33. The monoisotopic (exact) mass is 278 g/mol. The fourth-order valence-corrected chi connectivity index (χ4v) is 2.13. The highest BCUT2D eigenvalue weighted by Crippen LogP contribution is 2.17. The number of rotatable bonds is 10. The van der Waals surface area contributed by atoms with E-state index in [2.05, 4.69) is 56.1 Å². The van der Waals surface area contributed by atoms with E-state index in [1.165, 1.54) is 12.0 Å². The molecular formula is C17H30N2O. The fourth-order valence-electron chi connectivity index (χ4n) is 2.13. The van der Waals surface area contributed by atoms with Gasteiger partial charge in [-0.1, -0.05) is 45.9 Å². The molecule has 0 amide bonds. The molecule has 1 aromatic carbocycles. The van der Waals surface area contributed by atoms with E-state index < -0.39 is 0 Å². The van der Waals surface area contributed by atoms with Crippen LogP contribution < -0.4 is 10.1 Å². The second kappa shape index (κ2) is 9.78. The second-order valence-electron chi connectivity index (χ2n) is 5.43. The first-order chi connectivity index (χ1) is 9.67. The van der Waals surface area contributed by atoms with Gasteiger partial charge in [-0.15, -0.1) is 0 Å². The zero-order chi connectivity index (χ0) is 14.8. The highest BCUT2D eigenvalue weighted by molar-refractivity contribution is 5.33. The van der Waals surface area contributed by atoms with Crippen molar-refractivity contribution in [3.05, 3.63) is 29.8 Å². The number of ether oxygens (including phenoxy) is 1. The van der Waals surface area contributed by atoms with Gasteiger partial charge in [0.05, 0.1) is 0 Å².